The van der Waals surface area contributed by atoms with Crippen molar-refractivity contribution in [2.24, 2.45) is 5.10 Å². The van der Waals surface area contributed by atoms with Crippen molar-refractivity contribution < 1.29 is 14.6 Å². The molecule has 0 aliphatic carbocycles. The van der Waals surface area contributed by atoms with E-state index in [4.69, 9.17) is 4.74 Å². The summed E-state index contributed by atoms with van der Waals surface area (Å²) in [6.45, 7) is 2.30. The van der Waals surface area contributed by atoms with E-state index in [0.717, 1.165) is 11.1 Å². The van der Waals surface area contributed by atoms with Crippen LogP contribution in [0.3, 0.4) is 0 Å². The summed E-state index contributed by atoms with van der Waals surface area (Å²) in [6.07, 6.45) is 1.78. The number of aromatic hydroxyl groups is 1. The van der Waals surface area contributed by atoms with Crippen molar-refractivity contribution >= 4 is 12.1 Å². The minimum atomic E-state index is -0.189. The number of phenols is 1. The van der Waals surface area contributed by atoms with E-state index in [9.17, 15) is 9.90 Å². The van der Waals surface area contributed by atoms with Crippen LogP contribution < -0.4 is 10.2 Å². The Hall–Kier alpha value is -2.82. The SMILES string of the molecule is CCOc1cc(C=NNC(=O)Cc2ccccc2)ccc1O. The number of rotatable bonds is 6. The first kappa shape index (κ1) is 15.6. The molecule has 0 spiro atoms. The Morgan fingerprint density at radius 3 is 2.77 bits per heavy atom. The van der Waals surface area contributed by atoms with E-state index >= 15 is 0 Å². The maximum Gasteiger partial charge on any atom is 0.244 e. The molecule has 2 N–H and O–H groups in total. The Morgan fingerprint density at radius 2 is 2.05 bits per heavy atom. The average molecular weight is 298 g/mol. The van der Waals surface area contributed by atoms with Crippen LogP contribution in [0.5, 0.6) is 11.5 Å². The van der Waals surface area contributed by atoms with Crippen LogP contribution in [0.25, 0.3) is 0 Å². The largest absolute Gasteiger partial charge is 0.504 e. The van der Waals surface area contributed by atoms with Gasteiger partial charge in [-0.2, -0.15) is 5.10 Å². The van der Waals surface area contributed by atoms with Crippen LogP contribution >= 0.6 is 0 Å². The monoisotopic (exact) mass is 298 g/mol. The molecule has 0 aliphatic heterocycles. The third-order valence-corrected chi connectivity index (χ3v) is 2.89. The first-order chi connectivity index (χ1) is 10.7. The zero-order chi connectivity index (χ0) is 15.8. The van der Waals surface area contributed by atoms with Gasteiger partial charge in [0.05, 0.1) is 19.2 Å². The van der Waals surface area contributed by atoms with E-state index in [1.54, 1.807) is 12.1 Å². The van der Waals surface area contributed by atoms with Crippen molar-refractivity contribution in [3.8, 4) is 11.5 Å². The van der Waals surface area contributed by atoms with E-state index in [1.807, 2.05) is 37.3 Å². The highest BCUT2D eigenvalue weighted by Crippen LogP contribution is 2.26. The molecule has 2 rings (SSSR count). The van der Waals surface area contributed by atoms with Gasteiger partial charge in [0.15, 0.2) is 11.5 Å². The normalized spacial score (nSPS) is 10.6. The smallest absolute Gasteiger partial charge is 0.244 e. The molecule has 0 atom stereocenters. The number of carbonyl (C=O) groups is 1. The number of nitrogens with one attached hydrogen (secondary N) is 1. The Kier molecular flexibility index (Phi) is 5.54. The van der Waals surface area contributed by atoms with Gasteiger partial charge in [-0.05, 0) is 36.2 Å². The molecule has 0 aromatic heterocycles. The molecule has 0 saturated carbocycles. The molecule has 2 aromatic carbocycles. The maximum atomic E-state index is 11.7. The van der Waals surface area contributed by atoms with Gasteiger partial charge >= 0.3 is 0 Å². The minimum absolute atomic E-state index is 0.0760. The molecular formula is C17H18N2O3. The van der Waals surface area contributed by atoms with Gasteiger partial charge in [-0.15, -0.1) is 0 Å². The van der Waals surface area contributed by atoms with Gasteiger partial charge in [0.1, 0.15) is 0 Å². The summed E-state index contributed by atoms with van der Waals surface area (Å²) in [4.78, 5) is 11.7. The third kappa shape index (κ3) is 4.63. The highest BCUT2D eigenvalue weighted by atomic mass is 16.5. The third-order valence-electron chi connectivity index (χ3n) is 2.89. The van der Waals surface area contributed by atoms with Crippen molar-refractivity contribution in [1.82, 2.24) is 5.43 Å². The molecule has 5 heteroatoms. The molecule has 22 heavy (non-hydrogen) atoms. The number of phenolic OH excluding ortho intramolecular Hbond substituents is 1. The summed E-state index contributed by atoms with van der Waals surface area (Å²) in [6, 6.07) is 14.3. The number of hydrogen-bond donors (Lipinski definition) is 2. The molecule has 1 amide bonds. The lowest BCUT2D eigenvalue weighted by Gasteiger charge is -2.06. The lowest BCUT2D eigenvalue weighted by atomic mass is 10.1. The average Bonchev–Trinajstić information content (AvgIpc) is 2.51. The summed E-state index contributed by atoms with van der Waals surface area (Å²) >= 11 is 0. The Morgan fingerprint density at radius 1 is 1.27 bits per heavy atom. The van der Waals surface area contributed by atoms with Gasteiger partial charge in [-0.25, -0.2) is 5.43 Å². The highest BCUT2D eigenvalue weighted by Gasteiger charge is 2.03. The summed E-state index contributed by atoms with van der Waals surface area (Å²) < 4.78 is 5.28. The van der Waals surface area contributed by atoms with Gasteiger partial charge in [0.25, 0.3) is 0 Å². The zero-order valence-corrected chi connectivity index (χ0v) is 12.3. The zero-order valence-electron chi connectivity index (χ0n) is 12.3. The fourth-order valence-corrected chi connectivity index (χ4v) is 1.88. The number of hydrazone groups is 1. The first-order valence-electron chi connectivity index (χ1n) is 7.00. The van der Waals surface area contributed by atoms with Crippen molar-refractivity contribution in [2.75, 3.05) is 6.61 Å². The van der Waals surface area contributed by atoms with Crippen molar-refractivity contribution in [3.63, 3.8) is 0 Å². The van der Waals surface area contributed by atoms with Crippen molar-refractivity contribution in [2.45, 2.75) is 13.3 Å². The van der Waals surface area contributed by atoms with Crippen molar-refractivity contribution in [3.05, 3.63) is 59.7 Å². The molecular weight excluding hydrogens is 280 g/mol. The fraction of sp³-hybridized carbons (Fsp3) is 0.176. The number of hydrogen-bond acceptors (Lipinski definition) is 4. The molecule has 5 nitrogen and oxygen atoms in total. The quantitative estimate of drug-likeness (QED) is 0.636. The molecule has 0 fully saturated rings. The second kappa shape index (κ2) is 7.83. The molecule has 2 aromatic rings. The minimum Gasteiger partial charge on any atom is -0.504 e. The lowest BCUT2D eigenvalue weighted by molar-refractivity contribution is -0.120. The summed E-state index contributed by atoms with van der Waals surface area (Å²) in [5.41, 5.74) is 4.13. The number of ether oxygens (including phenoxy) is 1. The fourth-order valence-electron chi connectivity index (χ4n) is 1.88. The standard InChI is InChI=1S/C17H18N2O3/c1-2-22-16-10-14(8-9-15(16)20)12-18-19-17(21)11-13-6-4-3-5-7-13/h3-10,12,20H,2,11H2,1H3,(H,19,21). The molecule has 0 bridgehead atoms. The summed E-state index contributed by atoms with van der Waals surface area (Å²) in [5, 5.41) is 13.5. The van der Waals surface area contributed by atoms with Gasteiger partial charge in [-0.3, -0.25) is 4.79 Å². The van der Waals surface area contributed by atoms with E-state index in [-0.39, 0.29) is 18.1 Å². The highest BCUT2D eigenvalue weighted by molar-refractivity contribution is 5.84. The number of benzene rings is 2. The maximum absolute atomic E-state index is 11.7. The molecule has 0 heterocycles. The van der Waals surface area contributed by atoms with Crippen LogP contribution in [0.4, 0.5) is 0 Å². The van der Waals surface area contributed by atoms with Crippen LogP contribution in [0, 0.1) is 0 Å². The van der Waals surface area contributed by atoms with E-state index < -0.39 is 0 Å². The molecule has 0 radical (unpaired) electrons. The molecule has 114 valence electrons. The van der Waals surface area contributed by atoms with E-state index in [0.29, 0.717) is 12.4 Å². The number of amides is 1. The van der Waals surface area contributed by atoms with Gasteiger partial charge in [-0.1, -0.05) is 30.3 Å². The number of nitrogens with zero attached hydrogens (tertiary/aromatic N) is 1. The predicted molar refractivity (Wildman–Crippen MR) is 85.2 cm³/mol. The van der Waals surface area contributed by atoms with Crippen LogP contribution in [-0.2, 0) is 11.2 Å². The summed E-state index contributed by atoms with van der Waals surface area (Å²) in [5.74, 6) is 0.278. The van der Waals surface area contributed by atoms with Crippen molar-refractivity contribution in [1.29, 1.82) is 0 Å². The Balaban J connectivity index is 1.92. The number of carbonyl (C=O) groups excluding carboxylic acids is 1. The van der Waals surface area contributed by atoms with Crippen LogP contribution in [0.1, 0.15) is 18.1 Å². The summed E-state index contributed by atoms with van der Waals surface area (Å²) in [7, 11) is 0. The van der Waals surface area contributed by atoms with Crippen LogP contribution in [0.2, 0.25) is 0 Å². The molecule has 0 unspecified atom stereocenters. The Bertz CT molecular complexity index is 654. The first-order valence-corrected chi connectivity index (χ1v) is 7.00. The topological polar surface area (TPSA) is 70.9 Å². The second-order valence-electron chi connectivity index (χ2n) is 4.62. The van der Waals surface area contributed by atoms with Gasteiger partial charge in [0.2, 0.25) is 5.91 Å². The van der Waals surface area contributed by atoms with Gasteiger partial charge < -0.3 is 9.84 Å². The Labute approximate surface area is 129 Å². The van der Waals surface area contributed by atoms with E-state index in [1.165, 1.54) is 12.3 Å². The van der Waals surface area contributed by atoms with Crippen LogP contribution in [-0.4, -0.2) is 23.8 Å². The predicted octanol–water partition coefficient (Wildman–Crippen LogP) is 2.48. The van der Waals surface area contributed by atoms with E-state index in [2.05, 4.69) is 10.5 Å². The van der Waals surface area contributed by atoms with Crippen LogP contribution in [0.15, 0.2) is 53.6 Å². The molecule has 0 aliphatic rings. The lowest BCUT2D eigenvalue weighted by Crippen LogP contribution is -2.19. The van der Waals surface area contributed by atoms with Gasteiger partial charge in [0, 0.05) is 0 Å². The molecule has 0 saturated heterocycles. The second-order valence-corrected chi connectivity index (χ2v) is 4.62.